The molecule has 1 aliphatic carbocycles. The van der Waals surface area contributed by atoms with Gasteiger partial charge in [-0.25, -0.2) is 9.18 Å². The number of hydrogen-bond acceptors (Lipinski definition) is 5. The summed E-state index contributed by atoms with van der Waals surface area (Å²) in [5, 5.41) is 0. The average molecular weight is 393 g/mol. The van der Waals surface area contributed by atoms with E-state index in [1.54, 1.807) is 12.1 Å². The lowest BCUT2D eigenvalue weighted by atomic mass is 9.73. The molecule has 0 saturated carbocycles. The average Bonchev–Trinajstić information content (AvgIpc) is 2.73. The highest BCUT2D eigenvalue weighted by molar-refractivity contribution is 6.03. The molecule has 5 nitrogen and oxygen atoms in total. The summed E-state index contributed by atoms with van der Waals surface area (Å²) in [5.41, 5.74) is 8.15. The van der Waals surface area contributed by atoms with E-state index in [9.17, 15) is 14.0 Å². The fraction of sp³-hybridized carbons (Fsp3) is 0.217. The van der Waals surface area contributed by atoms with Crippen LogP contribution in [-0.2, 0) is 19.1 Å². The van der Waals surface area contributed by atoms with Crippen molar-refractivity contribution in [2.75, 3.05) is 7.11 Å². The summed E-state index contributed by atoms with van der Waals surface area (Å²) in [5.74, 6) is -1.64. The maximum atomic E-state index is 13.5. The van der Waals surface area contributed by atoms with Crippen LogP contribution in [0.4, 0.5) is 4.39 Å². The molecule has 2 aromatic carbocycles. The summed E-state index contributed by atoms with van der Waals surface area (Å²) < 4.78 is 24.1. The fourth-order valence-corrected chi connectivity index (χ4v) is 4.07. The van der Waals surface area contributed by atoms with Gasteiger partial charge in [-0.15, -0.1) is 0 Å². The smallest absolute Gasteiger partial charge is 0.340 e. The molecule has 0 radical (unpaired) electrons. The highest BCUT2D eigenvalue weighted by Crippen LogP contribution is 2.47. The van der Waals surface area contributed by atoms with Crippen molar-refractivity contribution in [1.82, 2.24) is 0 Å². The summed E-state index contributed by atoms with van der Waals surface area (Å²) in [7, 11) is 1.24. The molecule has 0 unspecified atom stereocenters. The van der Waals surface area contributed by atoms with Crippen molar-refractivity contribution in [1.29, 1.82) is 0 Å². The second-order valence-electron chi connectivity index (χ2n) is 7.13. The minimum Gasteiger partial charge on any atom is -0.465 e. The van der Waals surface area contributed by atoms with Crippen LogP contribution in [0, 0.1) is 5.82 Å². The fourth-order valence-electron chi connectivity index (χ4n) is 4.07. The number of carbonyl (C=O) groups is 2. The first-order chi connectivity index (χ1) is 14.0. The van der Waals surface area contributed by atoms with Gasteiger partial charge in [0.25, 0.3) is 0 Å². The van der Waals surface area contributed by atoms with Crippen LogP contribution >= 0.6 is 0 Å². The third-order valence-corrected chi connectivity index (χ3v) is 5.42. The number of methoxy groups -OCH3 is 1. The molecule has 29 heavy (non-hydrogen) atoms. The molecule has 1 aliphatic heterocycles. The van der Waals surface area contributed by atoms with E-state index in [2.05, 4.69) is 0 Å². The Labute approximate surface area is 167 Å². The van der Waals surface area contributed by atoms with Gasteiger partial charge in [0.2, 0.25) is 5.88 Å². The monoisotopic (exact) mass is 393 g/mol. The van der Waals surface area contributed by atoms with Gasteiger partial charge in [0, 0.05) is 18.4 Å². The van der Waals surface area contributed by atoms with E-state index in [0.29, 0.717) is 23.3 Å². The number of hydrogen-bond donors (Lipinski definition) is 1. The van der Waals surface area contributed by atoms with Crippen LogP contribution in [0.25, 0.3) is 0 Å². The molecular weight excluding hydrogens is 373 g/mol. The molecule has 4 rings (SSSR count). The van der Waals surface area contributed by atoms with Crippen LogP contribution < -0.4 is 5.73 Å². The Hall–Kier alpha value is -3.41. The van der Waals surface area contributed by atoms with Crippen LogP contribution in [-0.4, -0.2) is 18.9 Å². The number of Topliss-reactive ketones (excluding diaryl/α,β-unsaturated/α-hetero) is 1. The van der Waals surface area contributed by atoms with E-state index in [0.717, 1.165) is 5.56 Å². The van der Waals surface area contributed by atoms with Crippen LogP contribution in [0.2, 0.25) is 0 Å². The second-order valence-corrected chi connectivity index (χ2v) is 7.13. The van der Waals surface area contributed by atoms with Crippen LogP contribution in [0.5, 0.6) is 0 Å². The van der Waals surface area contributed by atoms with Gasteiger partial charge in [0.05, 0.1) is 13.0 Å². The van der Waals surface area contributed by atoms with Gasteiger partial charge in [-0.2, -0.15) is 0 Å². The zero-order valence-electron chi connectivity index (χ0n) is 15.9. The topological polar surface area (TPSA) is 78.6 Å². The molecule has 2 aromatic rings. The molecule has 1 heterocycles. The third kappa shape index (κ3) is 3.42. The molecule has 2 N–H and O–H groups in total. The molecule has 2 aliphatic rings. The molecule has 0 amide bonds. The first kappa shape index (κ1) is 18.9. The van der Waals surface area contributed by atoms with E-state index < -0.39 is 17.7 Å². The molecule has 6 heteroatoms. The Morgan fingerprint density at radius 3 is 2.41 bits per heavy atom. The first-order valence-electron chi connectivity index (χ1n) is 9.32. The van der Waals surface area contributed by atoms with E-state index in [4.69, 9.17) is 15.2 Å². The predicted molar refractivity (Wildman–Crippen MR) is 104 cm³/mol. The summed E-state index contributed by atoms with van der Waals surface area (Å²) in [6, 6.07) is 15.4. The highest BCUT2D eigenvalue weighted by atomic mass is 19.1. The number of carbonyl (C=O) groups excluding carboxylic acids is 2. The molecule has 0 bridgehead atoms. The molecule has 148 valence electrons. The number of esters is 1. The molecule has 0 fully saturated rings. The Morgan fingerprint density at radius 2 is 1.76 bits per heavy atom. The minimum atomic E-state index is -0.754. The lowest BCUT2D eigenvalue weighted by Crippen LogP contribution is -2.32. The number of benzene rings is 2. The zero-order chi connectivity index (χ0) is 20.5. The maximum Gasteiger partial charge on any atom is 0.340 e. The van der Waals surface area contributed by atoms with Crippen LogP contribution in [0.3, 0.4) is 0 Å². The van der Waals surface area contributed by atoms with Gasteiger partial charge in [-0.3, -0.25) is 4.79 Å². The lowest BCUT2D eigenvalue weighted by molar-refractivity contribution is -0.136. The van der Waals surface area contributed by atoms with Gasteiger partial charge in [0.1, 0.15) is 17.1 Å². The van der Waals surface area contributed by atoms with Crippen molar-refractivity contribution >= 4 is 11.8 Å². The van der Waals surface area contributed by atoms with E-state index in [-0.39, 0.29) is 29.6 Å². The Balaban J connectivity index is 1.81. The minimum absolute atomic E-state index is 0.0382. The normalized spacial score (nSPS) is 21.5. The number of ketones is 1. The van der Waals surface area contributed by atoms with E-state index in [1.165, 1.54) is 19.2 Å². The number of rotatable bonds is 3. The molecule has 0 spiro atoms. The van der Waals surface area contributed by atoms with E-state index >= 15 is 0 Å². The van der Waals surface area contributed by atoms with Gasteiger partial charge in [0.15, 0.2) is 5.78 Å². The van der Waals surface area contributed by atoms with Crippen molar-refractivity contribution in [3.8, 4) is 0 Å². The largest absolute Gasteiger partial charge is 0.465 e. The van der Waals surface area contributed by atoms with Gasteiger partial charge >= 0.3 is 5.97 Å². The maximum absolute atomic E-state index is 13.5. The second kappa shape index (κ2) is 7.54. The van der Waals surface area contributed by atoms with Crippen molar-refractivity contribution in [2.45, 2.75) is 24.7 Å². The standard InChI is InChI=1S/C23H20FNO4/c1-28-23(27)21-19(14-7-9-16(24)10-8-14)20-17(26)11-15(12-18(20)29-22(21)25)13-5-3-2-4-6-13/h2-10,15,19H,11-12,25H2,1H3/t15-,19+/m1/s1. The van der Waals surface area contributed by atoms with Crippen LogP contribution in [0.15, 0.2) is 77.4 Å². The van der Waals surface area contributed by atoms with Gasteiger partial charge in [-0.05, 0) is 29.2 Å². The Morgan fingerprint density at radius 1 is 1.07 bits per heavy atom. The number of allylic oxidation sites excluding steroid dienone is 2. The SMILES string of the molecule is COC(=O)C1=C(N)OC2=C(C(=O)C[C@@H](c3ccccc3)C2)[C@@H]1c1ccc(F)cc1. The summed E-state index contributed by atoms with van der Waals surface area (Å²) in [6.45, 7) is 0. The van der Waals surface area contributed by atoms with Gasteiger partial charge < -0.3 is 15.2 Å². The molecular formula is C23H20FNO4. The number of ether oxygens (including phenoxy) is 2. The molecule has 0 aromatic heterocycles. The highest BCUT2D eigenvalue weighted by Gasteiger charge is 2.43. The zero-order valence-corrected chi connectivity index (χ0v) is 15.9. The Bertz CT molecular complexity index is 1020. The van der Waals surface area contributed by atoms with Crippen molar-refractivity contribution < 1.29 is 23.5 Å². The number of nitrogens with two attached hydrogens (primary N) is 1. The number of halogens is 1. The molecule has 2 atom stereocenters. The quantitative estimate of drug-likeness (QED) is 0.805. The predicted octanol–water partition coefficient (Wildman–Crippen LogP) is 3.68. The summed E-state index contributed by atoms with van der Waals surface area (Å²) in [6.07, 6.45) is 0.774. The van der Waals surface area contributed by atoms with Crippen molar-refractivity contribution in [3.63, 3.8) is 0 Å². The van der Waals surface area contributed by atoms with Gasteiger partial charge in [-0.1, -0.05) is 42.5 Å². The third-order valence-electron chi connectivity index (χ3n) is 5.42. The summed E-state index contributed by atoms with van der Waals surface area (Å²) in [4.78, 5) is 25.6. The van der Waals surface area contributed by atoms with Crippen molar-refractivity contribution in [2.24, 2.45) is 5.73 Å². The Kier molecular flexibility index (Phi) is 4.92. The summed E-state index contributed by atoms with van der Waals surface area (Å²) >= 11 is 0. The van der Waals surface area contributed by atoms with Crippen LogP contribution in [0.1, 0.15) is 35.8 Å². The first-order valence-corrected chi connectivity index (χ1v) is 9.32. The molecule has 0 saturated heterocycles. The van der Waals surface area contributed by atoms with E-state index in [1.807, 2.05) is 30.3 Å². The van der Waals surface area contributed by atoms with Crippen molar-refractivity contribution in [3.05, 3.63) is 94.3 Å². The lowest BCUT2D eigenvalue weighted by Gasteiger charge is -2.35.